The van der Waals surface area contributed by atoms with Crippen molar-refractivity contribution in [3.05, 3.63) is 85.2 Å². The number of fused-ring (bicyclic) bond motifs is 1. The fourth-order valence-corrected chi connectivity index (χ4v) is 8.59. The van der Waals surface area contributed by atoms with E-state index in [-0.39, 0.29) is 35.8 Å². The van der Waals surface area contributed by atoms with Crippen molar-refractivity contribution in [3.63, 3.8) is 0 Å². The van der Waals surface area contributed by atoms with E-state index in [2.05, 4.69) is 28.2 Å². The molecule has 2 aromatic heterocycles. The van der Waals surface area contributed by atoms with E-state index < -0.39 is 10.0 Å². The lowest BCUT2D eigenvalue weighted by Gasteiger charge is -2.37. The van der Waals surface area contributed by atoms with Crippen LogP contribution < -0.4 is 21.5 Å². The lowest BCUT2D eigenvalue weighted by molar-refractivity contribution is 0.0846. The standard InChI is InChI=1S/C37H48N6O6S/c1-7-42(28-12-16-49-17-13-28)33-21-27(19-30(25(33)4)35(44)38-22-31-23(2)18-24(3)39-36(31)45)26-8-9-32-34(20-26)43(37(46)40(32)5)29-10-14-41(15-11-29)50(6,47)48/h8-9,18-21,28-29H,7,10-17,22H2,1-6H3,(H,38,44)(H,39,45). The number of aromatic nitrogens is 3. The number of rotatable bonds is 9. The van der Waals surface area contributed by atoms with Crippen LogP contribution in [0.2, 0.25) is 0 Å². The maximum Gasteiger partial charge on any atom is 0.329 e. The van der Waals surface area contributed by atoms with Crippen molar-refractivity contribution >= 4 is 32.7 Å². The maximum absolute atomic E-state index is 14.0. The van der Waals surface area contributed by atoms with Gasteiger partial charge in [0, 0.05) is 81.0 Å². The van der Waals surface area contributed by atoms with Crippen LogP contribution in [0.1, 0.15) is 71.4 Å². The highest BCUT2D eigenvalue weighted by Crippen LogP contribution is 2.36. The Balaban J connectivity index is 1.43. The predicted octanol–water partition coefficient (Wildman–Crippen LogP) is 4.15. The molecule has 2 aliphatic heterocycles. The lowest BCUT2D eigenvalue weighted by atomic mass is 9.95. The van der Waals surface area contributed by atoms with E-state index in [1.54, 1.807) is 11.6 Å². The van der Waals surface area contributed by atoms with Crippen LogP contribution in [0.25, 0.3) is 22.2 Å². The molecule has 4 heterocycles. The van der Waals surface area contributed by atoms with Gasteiger partial charge in [-0.25, -0.2) is 17.5 Å². The van der Waals surface area contributed by atoms with Crippen LogP contribution in [0.3, 0.4) is 0 Å². The number of ether oxygens (including phenoxy) is 1. The van der Waals surface area contributed by atoms with Crippen molar-refractivity contribution in [1.29, 1.82) is 0 Å². The summed E-state index contributed by atoms with van der Waals surface area (Å²) in [7, 11) is -1.55. The highest BCUT2D eigenvalue weighted by atomic mass is 32.2. The summed E-state index contributed by atoms with van der Waals surface area (Å²) >= 11 is 0. The third kappa shape index (κ3) is 6.90. The number of imidazole rings is 1. The zero-order valence-corrected chi connectivity index (χ0v) is 30.7. The smallest absolute Gasteiger partial charge is 0.329 e. The quantitative estimate of drug-likeness (QED) is 0.267. The minimum atomic E-state index is -3.30. The first-order valence-corrected chi connectivity index (χ1v) is 19.3. The van der Waals surface area contributed by atoms with E-state index in [0.29, 0.717) is 50.3 Å². The minimum absolute atomic E-state index is 0.0944. The molecule has 13 heteroatoms. The molecule has 6 rings (SSSR count). The number of pyridine rings is 1. The van der Waals surface area contributed by atoms with Gasteiger partial charge >= 0.3 is 5.69 Å². The van der Waals surface area contributed by atoms with E-state index in [1.807, 2.05) is 55.7 Å². The Morgan fingerprint density at radius 1 is 0.980 bits per heavy atom. The number of aryl methyl sites for hydroxylation is 3. The number of hydrogen-bond donors (Lipinski definition) is 2. The van der Waals surface area contributed by atoms with Gasteiger partial charge in [-0.1, -0.05) is 6.07 Å². The number of sulfonamides is 1. The van der Waals surface area contributed by atoms with Gasteiger partial charge in [0.1, 0.15) is 0 Å². The summed E-state index contributed by atoms with van der Waals surface area (Å²) in [6.07, 6.45) is 4.06. The van der Waals surface area contributed by atoms with Gasteiger partial charge in [-0.3, -0.25) is 18.7 Å². The molecule has 0 unspecified atom stereocenters. The summed E-state index contributed by atoms with van der Waals surface area (Å²) in [5.74, 6) is -0.275. The van der Waals surface area contributed by atoms with Gasteiger partial charge in [0.05, 0.1) is 17.3 Å². The van der Waals surface area contributed by atoms with E-state index >= 15 is 0 Å². The minimum Gasteiger partial charge on any atom is -0.381 e. The molecule has 2 aliphatic rings. The Hall–Kier alpha value is -4.20. The SMILES string of the molecule is CCN(c1cc(-c2ccc3c(c2)n(C2CCN(S(C)(=O)=O)CC2)c(=O)n3C)cc(C(=O)NCc2c(C)cc(C)[nH]c2=O)c1C)C1CCOCC1. The normalized spacial score (nSPS) is 16.6. The summed E-state index contributed by atoms with van der Waals surface area (Å²) in [6.45, 7) is 10.7. The van der Waals surface area contributed by atoms with Gasteiger partial charge in [0.15, 0.2) is 0 Å². The summed E-state index contributed by atoms with van der Waals surface area (Å²) in [5, 5.41) is 3.01. The number of H-pyrrole nitrogens is 1. The van der Waals surface area contributed by atoms with Gasteiger partial charge in [0.25, 0.3) is 11.5 Å². The molecule has 2 N–H and O–H groups in total. The average molecular weight is 705 g/mol. The number of piperidine rings is 1. The lowest BCUT2D eigenvalue weighted by Crippen LogP contribution is -2.40. The van der Waals surface area contributed by atoms with Crippen molar-refractivity contribution in [2.45, 2.75) is 72.0 Å². The number of nitrogens with one attached hydrogen (secondary N) is 2. The fourth-order valence-electron chi connectivity index (χ4n) is 7.72. The zero-order valence-electron chi connectivity index (χ0n) is 29.8. The molecule has 1 amide bonds. The van der Waals surface area contributed by atoms with Crippen LogP contribution in [0.4, 0.5) is 5.69 Å². The van der Waals surface area contributed by atoms with E-state index in [1.165, 1.54) is 10.6 Å². The first-order chi connectivity index (χ1) is 23.8. The summed E-state index contributed by atoms with van der Waals surface area (Å²) < 4.78 is 34.9. The first-order valence-electron chi connectivity index (χ1n) is 17.4. The van der Waals surface area contributed by atoms with Gasteiger partial charge in [-0.15, -0.1) is 0 Å². The number of amides is 1. The molecule has 2 saturated heterocycles. The molecule has 0 saturated carbocycles. The van der Waals surface area contributed by atoms with E-state index in [9.17, 15) is 22.8 Å². The molecular weight excluding hydrogens is 657 g/mol. The second-order valence-corrected chi connectivity index (χ2v) is 15.7. The van der Waals surface area contributed by atoms with Crippen LogP contribution >= 0.6 is 0 Å². The first kappa shape index (κ1) is 35.6. The van der Waals surface area contributed by atoms with E-state index in [4.69, 9.17) is 4.74 Å². The number of anilines is 1. The Morgan fingerprint density at radius 3 is 2.32 bits per heavy atom. The van der Waals surface area contributed by atoms with Crippen molar-refractivity contribution < 1.29 is 17.9 Å². The monoisotopic (exact) mass is 704 g/mol. The molecular formula is C37H48N6O6S. The molecule has 2 aromatic carbocycles. The molecule has 268 valence electrons. The maximum atomic E-state index is 14.0. The topological polar surface area (TPSA) is 139 Å². The number of aromatic amines is 1. The van der Waals surface area contributed by atoms with Crippen molar-refractivity contribution in [2.24, 2.45) is 7.05 Å². The van der Waals surface area contributed by atoms with Crippen molar-refractivity contribution in [3.8, 4) is 11.1 Å². The number of hydrogen-bond acceptors (Lipinski definition) is 7. The molecule has 0 aliphatic carbocycles. The van der Waals surface area contributed by atoms with Crippen LogP contribution in [-0.2, 0) is 28.4 Å². The Bertz CT molecular complexity index is 2150. The van der Waals surface area contributed by atoms with Crippen LogP contribution in [-0.4, -0.2) is 77.9 Å². The zero-order chi connectivity index (χ0) is 35.9. The Morgan fingerprint density at radius 2 is 1.68 bits per heavy atom. The largest absolute Gasteiger partial charge is 0.381 e. The third-order valence-electron chi connectivity index (χ3n) is 10.5. The Kier molecular flexibility index (Phi) is 10.1. The molecule has 0 radical (unpaired) electrons. The summed E-state index contributed by atoms with van der Waals surface area (Å²) in [5.41, 5.74) is 7.33. The highest BCUT2D eigenvalue weighted by Gasteiger charge is 2.29. The number of carbonyl (C=O) groups is 1. The second-order valence-electron chi connectivity index (χ2n) is 13.7. The predicted molar refractivity (Wildman–Crippen MR) is 197 cm³/mol. The van der Waals surface area contributed by atoms with E-state index in [0.717, 1.165) is 64.1 Å². The van der Waals surface area contributed by atoms with Gasteiger partial charge in [0.2, 0.25) is 10.0 Å². The second kappa shape index (κ2) is 14.2. The van der Waals surface area contributed by atoms with Crippen LogP contribution in [0.5, 0.6) is 0 Å². The molecule has 0 bridgehead atoms. The molecule has 2 fully saturated rings. The highest BCUT2D eigenvalue weighted by molar-refractivity contribution is 7.88. The number of benzene rings is 2. The summed E-state index contributed by atoms with van der Waals surface area (Å²) in [6, 6.07) is 12.0. The van der Waals surface area contributed by atoms with Crippen LogP contribution in [0, 0.1) is 20.8 Å². The van der Waals surface area contributed by atoms with Gasteiger partial charge < -0.3 is 19.9 Å². The number of nitrogens with zero attached hydrogens (tertiary/aromatic N) is 4. The molecule has 4 aromatic rings. The van der Waals surface area contributed by atoms with Gasteiger partial charge in [-0.05, 0) is 106 Å². The molecule has 0 spiro atoms. The molecule has 12 nitrogen and oxygen atoms in total. The molecule has 50 heavy (non-hydrogen) atoms. The Labute approximate surface area is 293 Å². The fraction of sp³-hybridized carbons (Fsp3) is 0.486. The van der Waals surface area contributed by atoms with Crippen molar-refractivity contribution in [2.75, 3.05) is 44.0 Å². The van der Waals surface area contributed by atoms with Crippen molar-refractivity contribution in [1.82, 2.24) is 23.7 Å². The van der Waals surface area contributed by atoms with Crippen LogP contribution in [0.15, 0.2) is 46.0 Å². The average Bonchev–Trinajstić information content (AvgIpc) is 3.33. The van der Waals surface area contributed by atoms with Gasteiger partial charge in [-0.2, -0.15) is 0 Å². The number of carbonyl (C=O) groups excluding carboxylic acids is 1. The summed E-state index contributed by atoms with van der Waals surface area (Å²) in [4.78, 5) is 45.5. The molecule has 0 atom stereocenters. The third-order valence-corrected chi connectivity index (χ3v) is 11.8.